The molecular formula is C52H50N12O10S2. The number of benzene rings is 5. The number of para-hydroxylation sites is 4. The largest absolute Gasteiger partial charge is 0.484 e. The van der Waals surface area contributed by atoms with Crippen molar-refractivity contribution in [3.8, 4) is 11.5 Å². The van der Waals surface area contributed by atoms with Crippen LogP contribution in [-0.4, -0.2) is 95.5 Å². The first-order chi connectivity index (χ1) is 36.9. The van der Waals surface area contributed by atoms with Crippen LogP contribution < -0.4 is 15.2 Å². The summed E-state index contributed by atoms with van der Waals surface area (Å²) in [5, 5.41) is 7.95. The predicted molar refractivity (Wildman–Crippen MR) is 272 cm³/mol. The Labute approximate surface area is 435 Å². The molecule has 2 atom stereocenters. The third-order valence-corrected chi connectivity index (χ3v) is 16.8. The molecule has 0 aliphatic carbocycles. The van der Waals surface area contributed by atoms with Gasteiger partial charge in [-0.3, -0.25) is 14.5 Å². The van der Waals surface area contributed by atoms with Crippen LogP contribution in [0.2, 0.25) is 0 Å². The summed E-state index contributed by atoms with van der Waals surface area (Å²) >= 11 is 0. The van der Waals surface area contributed by atoms with Gasteiger partial charge in [-0.2, -0.15) is 18.6 Å². The van der Waals surface area contributed by atoms with Crippen LogP contribution >= 0.6 is 0 Å². The number of nitrogens with two attached hydrogens (primary N) is 1. The van der Waals surface area contributed by atoms with Crippen molar-refractivity contribution in [1.82, 2.24) is 53.7 Å². The second kappa shape index (κ2) is 21.2. The molecule has 3 aliphatic heterocycles. The molecule has 2 amide bonds. The van der Waals surface area contributed by atoms with Crippen LogP contribution in [0.5, 0.6) is 11.5 Å². The summed E-state index contributed by atoms with van der Waals surface area (Å²) in [5.41, 5.74) is 10.7. The highest BCUT2D eigenvalue weighted by Crippen LogP contribution is 2.36. The molecule has 4 N–H and O–H groups in total. The molecule has 3 aliphatic rings. The van der Waals surface area contributed by atoms with Gasteiger partial charge in [-0.15, -0.1) is 0 Å². The van der Waals surface area contributed by atoms with Crippen molar-refractivity contribution in [3.63, 3.8) is 0 Å². The van der Waals surface area contributed by atoms with Gasteiger partial charge >= 0.3 is 0 Å². The van der Waals surface area contributed by atoms with Gasteiger partial charge in [-0.05, 0) is 97.5 Å². The first-order valence-electron chi connectivity index (χ1n) is 24.6. The van der Waals surface area contributed by atoms with Crippen molar-refractivity contribution in [2.75, 3.05) is 13.1 Å². The lowest BCUT2D eigenvalue weighted by Gasteiger charge is -2.31. The van der Waals surface area contributed by atoms with Crippen molar-refractivity contribution in [3.05, 3.63) is 167 Å². The molecule has 0 spiro atoms. The van der Waals surface area contributed by atoms with Crippen LogP contribution in [0.15, 0.2) is 141 Å². The summed E-state index contributed by atoms with van der Waals surface area (Å²) in [5.74, 6) is 1.64. The van der Waals surface area contributed by atoms with E-state index >= 15 is 0 Å². The van der Waals surface area contributed by atoms with Crippen LogP contribution in [-0.2, 0) is 46.3 Å². The van der Waals surface area contributed by atoms with Crippen LogP contribution in [0.1, 0.15) is 106 Å². The maximum absolute atomic E-state index is 13.6. The Morgan fingerprint density at radius 3 is 1.43 bits per heavy atom. The maximum atomic E-state index is 13.6. The number of H-pyrrole nitrogens is 2. The number of ether oxygens (including phenoxy) is 2. The quantitative estimate of drug-likeness (QED) is 0.0860. The number of fused-ring (bicyclic) bond motifs is 3. The van der Waals surface area contributed by atoms with E-state index in [-0.39, 0.29) is 59.5 Å². The highest BCUT2D eigenvalue weighted by molar-refractivity contribution is 7.89. The number of amides is 2. The van der Waals surface area contributed by atoms with E-state index < -0.39 is 32.1 Å². The lowest BCUT2D eigenvalue weighted by molar-refractivity contribution is 0.0642. The van der Waals surface area contributed by atoms with E-state index in [1.54, 1.807) is 78.9 Å². The lowest BCUT2D eigenvalue weighted by Crippen LogP contribution is -2.39. The SMILES string of the molecule is NCc1ccc(OCc2nc([C@@H]3CCCCN3S(=O)(=O)c3nc4ccccc4[nH]3)no2)cc1.O=C1c2ccccc2C(=O)N1Cc1ccc(OCc2nc([C@@H]3CCCCN3S(=O)(=O)c3nc4ccccc4[nH]3)no2)cc1. The fourth-order valence-corrected chi connectivity index (χ4v) is 12.6. The number of aromatic nitrogens is 8. The first kappa shape index (κ1) is 50.0. The molecular weight excluding hydrogens is 1020 g/mol. The number of nitrogens with zero attached hydrogens (tertiary/aromatic N) is 9. The van der Waals surface area contributed by atoms with Crippen LogP contribution in [0.4, 0.5) is 0 Å². The van der Waals surface area contributed by atoms with Crippen LogP contribution in [0.25, 0.3) is 22.1 Å². The summed E-state index contributed by atoms with van der Waals surface area (Å²) in [6.07, 6.45) is 4.30. The molecule has 2 saturated heterocycles. The van der Waals surface area contributed by atoms with Gasteiger partial charge < -0.3 is 34.2 Å². The molecule has 9 aromatic rings. The number of sulfonamides is 2. The van der Waals surface area contributed by atoms with Gasteiger partial charge in [0.2, 0.25) is 10.3 Å². The Bertz CT molecular complexity index is 3680. The molecule has 0 unspecified atom stereocenters. The van der Waals surface area contributed by atoms with E-state index in [2.05, 4.69) is 40.2 Å². The molecule has 390 valence electrons. The summed E-state index contributed by atoms with van der Waals surface area (Å²) < 4.78 is 79.1. The maximum Gasteiger partial charge on any atom is 0.277 e. The Balaban J connectivity index is 0.000000168. The summed E-state index contributed by atoms with van der Waals surface area (Å²) in [6, 6.07) is 34.5. The van der Waals surface area contributed by atoms with E-state index in [9.17, 15) is 26.4 Å². The number of hydrogen-bond acceptors (Lipinski definition) is 17. The monoisotopic (exact) mass is 1070 g/mol. The van der Waals surface area contributed by atoms with Crippen molar-refractivity contribution >= 4 is 53.9 Å². The number of carbonyl (C=O) groups is 2. The minimum atomic E-state index is -3.93. The van der Waals surface area contributed by atoms with E-state index in [4.69, 9.17) is 24.3 Å². The van der Waals surface area contributed by atoms with Crippen molar-refractivity contribution in [2.24, 2.45) is 5.73 Å². The summed E-state index contributed by atoms with van der Waals surface area (Å²) in [4.78, 5) is 49.8. The summed E-state index contributed by atoms with van der Waals surface area (Å²) in [7, 11) is -7.80. The average Bonchev–Trinajstić information content (AvgIpc) is 4.33. The van der Waals surface area contributed by atoms with Gasteiger partial charge in [0, 0.05) is 19.6 Å². The Hall–Kier alpha value is -8.16. The standard InChI is InChI=1S/C30H26N6O6S.C22H24N6O4S/c37-28-21-7-1-2-8-22(21)29(38)35(28)17-19-12-14-20(15-13-19)41-18-26-33-27(34-42-26)25-11-5-6-16-36(25)43(39,40)30-31-23-9-3-4-10-24(23)32-30;23-13-15-8-10-16(11-9-15)31-14-20-26-21(27-32-20)19-7-3-4-12-28(19)33(29,30)22-24-17-5-1-2-6-18(17)25-22/h1-4,7-10,12-15,25H,5-6,11,16-18H2,(H,31,32);1-2,5-6,8-11,19H,3-4,7,12-14,23H2,(H,24,25)/t25-;19-/m00/s1. The Kier molecular flexibility index (Phi) is 14.0. The van der Waals surface area contributed by atoms with E-state index in [1.165, 1.54) is 13.5 Å². The number of aromatic amines is 2. The minimum Gasteiger partial charge on any atom is -0.484 e. The zero-order valence-electron chi connectivity index (χ0n) is 40.7. The number of imidazole rings is 2. The normalized spacial score (nSPS) is 17.5. The second-order valence-electron chi connectivity index (χ2n) is 18.3. The van der Waals surface area contributed by atoms with Crippen molar-refractivity contribution in [1.29, 1.82) is 0 Å². The topological polar surface area (TPSA) is 292 Å². The second-order valence-corrected chi connectivity index (χ2v) is 21.9. The third kappa shape index (κ3) is 10.2. The lowest BCUT2D eigenvalue weighted by atomic mass is 10.0. The number of nitrogens with one attached hydrogen (secondary N) is 2. The van der Waals surface area contributed by atoms with E-state index in [0.717, 1.165) is 30.4 Å². The number of imide groups is 1. The van der Waals surface area contributed by atoms with Gasteiger partial charge in [0.15, 0.2) is 24.9 Å². The van der Waals surface area contributed by atoms with Gasteiger partial charge in [0.25, 0.3) is 43.6 Å². The van der Waals surface area contributed by atoms with E-state index in [1.807, 2.05) is 42.5 Å². The highest BCUT2D eigenvalue weighted by atomic mass is 32.2. The Morgan fingerprint density at radius 1 is 0.553 bits per heavy atom. The molecule has 76 heavy (non-hydrogen) atoms. The molecule has 7 heterocycles. The van der Waals surface area contributed by atoms with Gasteiger partial charge in [0.1, 0.15) is 11.5 Å². The third-order valence-electron chi connectivity index (χ3n) is 13.3. The minimum absolute atomic E-state index is 0.0200. The molecule has 4 aromatic heterocycles. The van der Waals surface area contributed by atoms with Crippen LogP contribution in [0, 0.1) is 0 Å². The molecule has 22 nitrogen and oxygen atoms in total. The number of hydrogen-bond donors (Lipinski definition) is 3. The first-order valence-corrected chi connectivity index (χ1v) is 27.5. The molecule has 0 radical (unpaired) electrons. The number of rotatable bonds is 15. The molecule has 0 saturated carbocycles. The molecule has 2 fully saturated rings. The molecule has 0 bridgehead atoms. The van der Waals surface area contributed by atoms with Crippen molar-refractivity contribution in [2.45, 2.75) is 87.2 Å². The van der Waals surface area contributed by atoms with E-state index in [0.29, 0.717) is 89.4 Å². The smallest absolute Gasteiger partial charge is 0.277 e. The molecule has 5 aromatic carbocycles. The predicted octanol–water partition coefficient (Wildman–Crippen LogP) is 7.14. The van der Waals surface area contributed by atoms with Gasteiger partial charge in [-0.1, -0.05) is 83.8 Å². The zero-order valence-corrected chi connectivity index (χ0v) is 42.3. The zero-order chi connectivity index (χ0) is 52.4. The molecule has 24 heteroatoms. The number of carbonyl (C=O) groups excluding carboxylic acids is 2. The van der Waals surface area contributed by atoms with Crippen molar-refractivity contribution < 1.29 is 44.9 Å². The average molecular weight is 1070 g/mol. The van der Waals surface area contributed by atoms with Crippen LogP contribution in [0.3, 0.4) is 0 Å². The van der Waals surface area contributed by atoms with Gasteiger partial charge in [0.05, 0.1) is 51.8 Å². The van der Waals surface area contributed by atoms with Gasteiger partial charge in [-0.25, -0.2) is 26.8 Å². The molecule has 12 rings (SSSR count). The fourth-order valence-electron chi connectivity index (χ4n) is 9.42. The highest BCUT2D eigenvalue weighted by Gasteiger charge is 2.41. The number of piperidine rings is 2. The fraction of sp³-hybridized carbons (Fsp3) is 0.269. The summed E-state index contributed by atoms with van der Waals surface area (Å²) in [6.45, 7) is 1.35. The Morgan fingerprint density at radius 2 is 0.987 bits per heavy atom.